The summed E-state index contributed by atoms with van der Waals surface area (Å²) in [6, 6.07) is 6.11. The van der Waals surface area contributed by atoms with Crippen LogP contribution >= 0.6 is 45.8 Å². The molecule has 3 nitrogen and oxygen atoms in total. The second-order valence-corrected chi connectivity index (χ2v) is 7.12. The van der Waals surface area contributed by atoms with E-state index in [1.807, 2.05) is 12.1 Å². The largest absolute Gasteiger partial charge is 0.487 e. The van der Waals surface area contributed by atoms with E-state index in [1.165, 1.54) is 0 Å². The van der Waals surface area contributed by atoms with E-state index in [4.69, 9.17) is 27.9 Å². The number of nitrogens with one attached hydrogen (secondary N) is 1. The van der Waals surface area contributed by atoms with E-state index in [0.29, 0.717) is 16.2 Å². The molecule has 0 atom stereocenters. The highest BCUT2D eigenvalue weighted by Gasteiger charge is 2.31. The van der Waals surface area contributed by atoms with Crippen molar-refractivity contribution in [3.8, 4) is 5.75 Å². The van der Waals surface area contributed by atoms with Crippen molar-refractivity contribution >= 4 is 56.7 Å². The highest BCUT2D eigenvalue weighted by molar-refractivity contribution is 14.1. The lowest BCUT2D eigenvalue weighted by atomic mass is 9.89. The summed E-state index contributed by atoms with van der Waals surface area (Å²) in [6.07, 6.45) is 2.27. The number of aromatic nitrogens is 1. The van der Waals surface area contributed by atoms with Crippen LogP contribution in [0.25, 0.3) is 10.9 Å². The molecule has 2 aromatic rings. The van der Waals surface area contributed by atoms with Gasteiger partial charge in [-0.2, -0.15) is 0 Å². The molecule has 21 heavy (non-hydrogen) atoms. The molecule has 1 N–H and O–H groups in total. The Morgan fingerprint density at radius 2 is 2.14 bits per heavy atom. The lowest BCUT2D eigenvalue weighted by molar-refractivity contribution is 0.0864. The fourth-order valence-electron chi connectivity index (χ4n) is 2.56. The fraction of sp³-hybridized carbons (Fsp3) is 0.400. The third-order valence-corrected chi connectivity index (χ3v) is 5.00. The molecular formula is C15H15Cl2IN2O. The van der Waals surface area contributed by atoms with Crippen molar-refractivity contribution in [2.24, 2.45) is 0 Å². The van der Waals surface area contributed by atoms with Crippen molar-refractivity contribution in [2.45, 2.75) is 31.9 Å². The van der Waals surface area contributed by atoms with Gasteiger partial charge in [0.1, 0.15) is 16.8 Å². The van der Waals surface area contributed by atoms with Gasteiger partial charge in [-0.15, -0.1) is 0 Å². The Balaban J connectivity index is 1.90. The van der Waals surface area contributed by atoms with Crippen LogP contribution in [0.15, 0.2) is 18.2 Å². The summed E-state index contributed by atoms with van der Waals surface area (Å²) >= 11 is 14.5. The minimum Gasteiger partial charge on any atom is -0.487 e. The minimum atomic E-state index is 0.229. The predicted octanol–water partition coefficient (Wildman–Crippen LogP) is 4.67. The predicted molar refractivity (Wildman–Crippen MR) is 95.6 cm³/mol. The molecule has 112 valence electrons. The van der Waals surface area contributed by atoms with Crippen LogP contribution in [0.5, 0.6) is 5.75 Å². The molecular weight excluding hydrogens is 422 g/mol. The maximum Gasteiger partial charge on any atom is 0.159 e. The van der Waals surface area contributed by atoms with Crippen molar-refractivity contribution in [1.82, 2.24) is 10.3 Å². The number of fused-ring (bicyclic) bond motifs is 1. The van der Waals surface area contributed by atoms with Gasteiger partial charge in [-0.3, -0.25) is 0 Å². The molecule has 3 rings (SSSR count). The molecule has 6 heteroatoms. The van der Waals surface area contributed by atoms with Gasteiger partial charge in [0.2, 0.25) is 0 Å². The topological polar surface area (TPSA) is 34.1 Å². The maximum atomic E-state index is 6.28. The van der Waals surface area contributed by atoms with Crippen molar-refractivity contribution in [1.29, 1.82) is 0 Å². The molecule has 1 aromatic carbocycles. The number of pyridine rings is 1. The van der Waals surface area contributed by atoms with Gasteiger partial charge in [-0.1, -0.05) is 30.1 Å². The van der Waals surface area contributed by atoms with Crippen LogP contribution < -0.4 is 10.1 Å². The van der Waals surface area contributed by atoms with Crippen LogP contribution in [0, 0.1) is 3.57 Å². The standard InChI is InChI=1S/C15H15Cl2IN2O/c1-2-19-8-5-9(6-8)21-15-12(18)7-11(16)10-3-4-13(17)20-14(10)15/h3-4,7-9,19H,2,5-6H2,1H3. The molecule has 0 unspecified atom stereocenters. The molecule has 1 saturated carbocycles. The van der Waals surface area contributed by atoms with Crippen molar-refractivity contribution in [2.75, 3.05) is 6.54 Å². The normalized spacial score (nSPS) is 21.3. The minimum absolute atomic E-state index is 0.229. The average molecular weight is 437 g/mol. The second-order valence-electron chi connectivity index (χ2n) is 5.17. The molecule has 0 radical (unpaired) electrons. The maximum absolute atomic E-state index is 6.28. The van der Waals surface area contributed by atoms with Gasteiger partial charge >= 0.3 is 0 Å². The zero-order chi connectivity index (χ0) is 15.0. The Hall–Kier alpha value is -0.300. The van der Waals surface area contributed by atoms with Gasteiger partial charge in [0, 0.05) is 11.4 Å². The quantitative estimate of drug-likeness (QED) is 0.558. The van der Waals surface area contributed by atoms with Gasteiger partial charge in [-0.05, 0) is 60.2 Å². The number of hydrogen-bond acceptors (Lipinski definition) is 3. The number of halogens is 3. The van der Waals surface area contributed by atoms with Crippen LogP contribution in [0.1, 0.15) is 19.8 Å². The molecule has 0 spiro atoms. The molecule has 0 saturated heterocycles. The molecule has 1 heterocycles. The third kappa shape index (κ3) is 3.23. The Morgan fingerprint density at radius 1 is 1.38 bits per heavy atom. The number of benzene rings is 1. The van der Waals surface area contributed by atoms with Gasteiger partial charge in [0.15, 0.2) is 5.75 Å². The fourth-order valence-corrected chi connectivity index (χ4v) is 3.85. The summed E-state index contributed by atoms with van der Waals surface area (Å²) < 4.78 is 7.12. The van der Waals surface area contributed by atoms with Gasteiger partial charge in [0.05, 0.1) is 8.59 Å². The van der Waals surface area contributed by atoms with Crippen molar-refractivity contribution in [3.63, 3.8) is 0 Å². The van der Waals surface area contributed by atoms with Gasteiger partial charge < -0.3 is 10.1 Å². The van der Waals surface area contributed by atoms with Crippen molar-refractivity contribution in [3.05, 3.63) is 31.9 Å². The summed E-state index contributed by atoms with van der Waals surface area (Å²) in [5, 5.41) is 5.42. The summed E-state index contributed by atoms with van der Waals surface area (Å²) in [7, 11) is 0. The van der Waals surface area contributed by atoms with Crippen LogP contribution in [-0.4, -0.2) is 23.7 Å². The molecule has 0 aliphatic heterocycles. The van der Waals surface area contributed by atoms with E-state index >= 15 is 0 Å². The van der Waals surface area contributed by atoms with Crippen LogP contribution in [0.2, 0.25) is 10.2 Å². The van der Waals surface area contributed by atoms with Crippen LogP contribution in [-0.2, 0) is 0 Å². The molecule has 0 amide bonds. The Morgan fingerprint density at radius 3 is 2.86 bits per heavy atom. The van der Waals surface area contributed by atoms with E-state index in [9.17, 15) is 0 Å². The first kappa shape index (κ1) is 15.6. The number of rotatable bonds is 4. The van der Waals surface area contributed by atoms with Gasteiger partial charge in [-0.25, -0.2) is 4.98 Å². The Bertz CT molecular complexity index is 674. The number of ether oxygens (including phenoxy) is 1. The smallest absolute Gasteiger partial charge is 0.159 e. The molecule has 1 aliphatic carbocycles. The van der Waals surface area contributed by atoms with Gasteiger partial charge in [0.25, 0.3) is 0 Å². The van der Waals surface area contributed by atoms with E-state index in [1.54, 1.807) is 6.07 Å². The van der Waals surface area contributed by atoms with E-state index in [-0.39, 0.29) is 6.10 Å². The second kappa shape index (κ2) is 6.44. The Kier molecular flexibility index (Phi) is 4.78. The first-order valence-corrected chi connectivity index (χ1v) is 8.76. The number of hydrogen-bond donors (Lipinski definition) is 1. The SMILES string of the molecule is CCNC1CC(Oc2c(I)cc(Cl)c3ccc(Cl)nc23)C1. The van der Waals surface area contributed by atoms with Crippen LogP contribution in [0.4, 0.5) is 0 Å². The van der Waals surface area contributed by atoms with Crippen LogP contribution in [0.3, 0.4) is 0 Å². The summed E-state index contributed by atoms with van der Waals surface area (Å²) in [6.45, 7) is 3.12. The zero-order valence-electron chi connectivity index (χ0n) is 11.5. The first-order valence-electron chi connectivity index (χ1n) is 6.92. The highest BCUT2D eigenvalue weighted by atomic mass is 127. The summed E-state index contributed by atoms with van der Waals surface area (Å²) in [4.78, 5) is 4.40. The zero-order valence-corrected chi connectivity index (χ0v) is 15.2. The monoisotopic (exact) mass is 436 g/mol. The third-order valence-electron chi connectivity index (χ3n) is 3.68. The lowest BCUT2D eigenvalue weighted by Crippen LogP contribution is -2.46. The Labute approximate surface area is 147 Å². The summed E-state index contributed by atoms with van der Waals surface area (Å²) in [5.41, 5.74) is 0.742. The van der Waals surface area contributed by atoms with E-state index in [2.05, 4.69) is 39.8 Å². The van der Waals surface area contributed by atoms with E-state index in [0.717, 1.165) is 39.6 Å². The molecule has 1 fully saturated rings. The lowest BCUT2D eigenvalue weighted by Gasteiger charge is -2.36. The highest BCUT2D eigenvalue weighted by Crippen LogP contribution is 2.38. The molecule has 1 aromatic heterocycles. The average Bonchev–Trinajstić information content (AvgIpc) is 2.39. The van der Waals surface area contributed by atoms with E-state index < -0.39 is 0 Å². The molecule has 0 bridgehead atoms. The summed E-state index contributed by atoms with van der Waals surface area (Å²) in [5.74, 6) is 0.789. The number of nitrogens with zero attached hydrogens (tertiary/aromatic N) is 1. The first-order chi connectivity index (χ1) is 10.1. The van der Waals surface area contributed by atoms with Crippen molar-refractivity contribution < 1.29 is 4.74 Å². The molecule has 1 aliphatic rings.